The van der Waals surface area contributed by atoms with Crippen LogP contribution in [0.4, 0.5) is 8.22 Å². The van der Waals surface area contributed by atoms with Gasteiger partial charge in [-0.25, -0.2) is 0 Å². The van der Waals surface area contributed by atoms with Gasteiger partial charge in [-0.05, 0) is 0 Å². The predicted octanol–water partition coefficient (Wildman–Crippen LogP) is -10.8. The van der Waals surface area contributed by atoms with Crippen LogP contribution in [0.1, 0.15) is 0 Å². The molecule has 0 rings (SSSR count). The Balaban J connectivity index is -0.0000000267. The van der Waals surface area contributed by atoms with Crippen molar-refractivity contribution in [2.75, 3.05) is 0 Å². The van der Waals surface area contributed by atoms with Crippen molar-refractivity contribution in [3.8, 4) is 0 Å². The van der Waals surface area contributed by atoms with Crippen LogP contribution in [0.25, 0.3) is 0 Å². The fraction of sp³-hybridized carbons (Fsp3) is 0. The summed E-state index contributed by atoms with van der Waals surface area (Å²) < 4.78 is 20.3. The van der Waals surface area contributed by atoms with E-state index in [-0.39, 0.29) is 70.0 Å². The minimum atomic E-state index is -5.86. The van der Waals surface area contributed by atoms with Crippen molar-refractivity contribution < 1.29 is 66.5 Å². The zero-order chi connectivity index (χ0) is 9.00. The Hall–Kier alpha value is 2.35. The predicted molar refractivity (Wildman–Crippen MR) is 25.2 cm³/mol. The van der Waals surface area contributed by atoms with Crippen LogP contribution in [0.3, 0.4) is 0 Å². The second-order valence-electron chi connectivity index (χ2n) is 0.963. The summed E-state index contributed by atoms with van der Waals surface area (Å²) in [7, 11) is -11.7. The van der Waals surface area contributed by atoms with Gasteiger partial charge in [0.15, 0.2) is 0 Å². The maximum atomic E-state index is 10.2. The maximum Gasteiger partial charge on any atom is 3.00 e. The van der Waals surface area contributed by atoms with E-state index >= 15 is 0 Å². The van der Waals surface area contributed by atoms with Gasteiger partial charge in [-0.15, -0.1) is 0 Å². The summed E-state index contributed by atoms with van der Waals surface area (Å²) in [5.74, 6) is 0. The van der Waals surface area contributed by atoms with Crippen LogP contribution in [-0.4, -0.2) is 58.7 Å². The molecule has 0 fully saturated rings. The van der Waals surface area contributed by atoms with E-state index in [1.807, 2.05) is 0 Å². The molecule has 0 heterocycles. The molecule has 13 heavy (non-hydrogen) atoms. The van der Waals surface area contributed by atoms with E-state index in [2.05, 4.69) is 0 Å². The second kappa shape index (κ2) is 12.4. The molecule has 0 aromatic carbocycles. The van der Waals surface area contributed by atoms with E-state index < -0.39 is 18.3 Å². The van der Waals surface area contributed by atoms with Crippen LogP contribution >= 0.6 is 0 Å². The first-order valence-corrected chi connectivity index (χ1v) is 4.81. The first-order chi connectivity index (χ1) is 4.00. The zero-order valence-electron chi connectivity index (χ0n) is 6.49. The molecule has 0 aliphatic rings. The Labute approximate surface area is 124 Å². The number of halogens is 2. The van der Waals surface area contributed by atoms with Gasteiger partial charge in [0.05, 0.1) is 0 Å². The molecule has 64 valence electrons. The molecule has 6 nitrogen and oxygen atoms in total. The van der Waals surface area contributed by atoms with E-state index in [0.717, 1.165) is 0 Å². The summed E-state index contributed by atoms with van der Waals surface area (Å²) >= 11 is 0. The molecule has 13 heteroatoms. The maximum absolute atomic E-state index is 10.2. The molecule has 0 atom stereocenters. The van der Waals surface area contributed by atoms with Gasteiger partial charge < -0.3 is 37.0 Å². The first kappa shape index (κ1) is 29.5. The van der Waals surface area contributed by atoms with Gasteiger partial charge in [-0.2, -0.15) is 0 Å². The van der Waals surface area contributed by atoms with Crippen LogP contribution in [0, 0.1) is 0 Å². The number of hydrogen-bond donors (Lipinski definition) is 0. The molecule has 0 aromatic rings. The Morgan fingerprint density at radius 2 is 0.692 bits per heavy atom. The third kappa shape index (κ3) is 396. The van der Waals surface area contributed by atoms with Crippen LogP contribution in [-0.2, 0) is 0 Å². The van der Waals surface area contributed by atoms with Crippen molar-refractivity contribution >= 4 is 58.7 Å². The summed E-state index contributed by atoms with van der Waals surface area (Å²) in [4.78, 5) is 50.8. The second-order valence-corrected chi connectivity index (χ2v) is 2.89. The molecule has 0 radical (unpaired) electrons. The zero-order valence-corrected chi connectivity index (χ0v) is 13.1. The van der Waals surface area contributed by atoms with Gasteiger partial charge in [0.1, 0.15) is 0 Å². The molecule has 0 bridgehead atoms. The molecule has 0 saturated heterocycles. The molecule has 0 saturated carbocycles. The Kier molecular flexibility index (Phi) is 28.2. The SMILES string of the molecule is [Al+3].[Mg+2].[Na+].[O-][Si]([O-])([O-])F.[O-][Si]([O-])([O-])F. The van der Waals surface area contributed by atoms with Gasteiger partial charge in [-0.1, -0.05) is 18.3 Å². The smallest absolute Gasteiger partial charge is 0.857 e. The number of rotatable bonds is 0. The van der Waals surface area contributed by atoms with Gasteiger partial charge in [0, 0.05) is 0 Å². The minimum absolute atomic E-state index is 0. The van der Waals surface area contributed by atoms with E-state index in [1.165, 1.54) is 0 Å². The summed E-state index contributed by atoms with van der Waals surface area (Å²) in [6.45, 7) is 0. The number of hydrogen-bond acceptors (Lipinski definition) is 6. The van der Waals surface area contributed by atoms with E-state index in [4.69, 9.17) is 28.8 Å². The van der Waals surface area contributed by atoms with E-state index in [0.29, 0.717) is 0 Å². The summed E-state index contributed by atoms with van der Waals surface area (Å²) in [5.41, 5.74) is 0. The van der Waals surface area contributed by atoms with Crippen molar-refractivity contribution in [1.29, 1.82) is 0 Å². The molecule has 0 amide bonds. The average Bonchev–Trinajstić information content (AvgIpc) is 1.12. The Morgan fingerprint density at radius 1 is 0.692 bits per heavy atom. The van der Waals surface area contributed by atoms with Crippen molar-refractivity contribution in [3.05, 3.63) is 0 Å². The normalized spacial score (nSPS) is 9.23. The third-order valence-corrected chi connectivity index (χ3v) is 0. The molecule has 0 aliphatic carbocycles. The van der Waals surface area contributed by atoms with Crippen LogP contribution in [0.15, 0.2) is 0 Å². The fourth-order valence-corrected chi connectivity index (χ4v) is 0. The molecule has 0 unspecified atom stereocenters. The minimum Gasteiger partial charge on any atom is -0.857 e. The molecule has 0 aromatic heterocycles. The molecule has 0 spiro atoms. The van der Waals surface area contributed by atoms with Crippen molar-refractivity contribution in [2.45, 2.75) is 0 Å². The van der Waals surface area contributed by atoms with Gasteiger partial charge >= 0.3 is 70.0 Å². The van der Waals surface area contributed by atoms with Gasteiger partial charge in [0.25, 0.3) is 0 Å². The van der Waals surface area contributed by atoms with E-state index in [9.17, 15) is 8.22 Å². The topological polar surface area (TPSA) is 138 Å². The van der Waals surface area contributed by atoms with Crippen LogP contribution in [0.2, 0.25) is 0 Å². The summed E-state index contributed by atoms with van der Waals surface area (Å²) in [6, 6.07) is 0. The van der Waals surface area contributed by atoms with Gasteiger partial charge in [-0.3, -0.25) is 0 Å². The van der Waals surface area contributed by atoms with Crippen LogP contribution in [0.5, 0.6) is 0 Å². The molecular weight excluding hydrogens is 264 g/mol. The summed E-state index contributed by atoms with van der Waals surface area (Å²) in [6.07, 6.45) is 0. The Morgan fingerprint density at radius 3 is 0.692 bits per heavy atom. The monoisotopic (exact) mass is 264 g/mol. The van der Waals surface area contributed by atoms with Crippen molar-refractivity contribution in [3.63, 3.8) is 0 Å². The summed E-state index contributed by atoms with van der Waals surface area (Å²) in [5, 5.41) is 0. The fourth-order valence-electron chi connectivity index (χ4n) is 0. The van der Waals surface area contributed by atoms with Crippen molar-refractivity contribution in [2.24, 2.45) is 0 Å². The van der Waals surface area contributed by atoms with Crippen molar-refractivity contribution in [1.82, 2.24) is 0 Å². The van der Waals surface area contributed by atoms with Crippen LogP contribution < -0.4 is 58.3 Å². The average molecular weight is 264 g/mol. The van der Waals surface area contributed by atoms with Gasteiger partial charge in [0.2, 0.25) is 0 Å². The first-order valence-electron chi connectivity index (χ1n) is 1.60. The standard InChI is InChI=1S/Al.2FO3Si.Mg.Na/c;2*1-5(2,3)4;;/q+3;2*-3;+2;+1. The molecule has 0 N–H and O–H groups in total. The third-order valence-electron chi connectivity index (χ3n) is 0. The molecule has 0 aliphatic heterocycles. The largest absolute Gasteiger partial charge is 3.00 e. The molecular formula is AlF2MgNaO6Si2. The quantitative estimate of drug-likeness (QED) is 0.314. The Bertz CT molecular complexity index is 71.6. The van der Waals surface area contributed by atoms with E-state index in [1.54, 1.807) is 0 Å².